The topological polar surface area (TPSA) is 109 Å². The Morgan fingerprint density at radius 2 is 2.04 bits per heavy atom. The molecule has 1 heterocycles. The molecule has 23 heavy (non-hydrogen) atoms. The average molecular weight is 318 g/mol. The lowest BCUT2D eigenvalue weighted by atomic mass is 10.0. The third kappa shape index (κ3) is 4.46. The number of carbonyl (C=O) groups excluding carboxylic acids is 2. The largest absolute Gasteiger partial charge is 0.449 e. The highest BCUT2D eigenvalue weighted by molar-refractivity contribution is 5.88. The van der Waals surface area contributed by atoms with Gasteiger partial charge in [0.2, 0.25) is 0 Å². The summed E-state index contributed by atoms with van der Waals surface area (Å²) in [4.78, 5) is 26.9. The molecule has 2 rings (SSSR count). The second-order valence-corrected chi connectivity index (χ2v) is 5.76. The Labute approximate surface area is 134 Å². The summed E-state index contributed by atoms with van der Waals surface area (Å²) in [5.41, 5.74) is 3.96. The maximum absolute atomic E-state index is 11.9. The van der Waals surface area contributed by atoms with E-state index in [1.165, 1.54) is 0 Å². The number of rotatable bonds is 6. The van der Waals surface area contributed by atoms with Crippen molar-refractivity contribution in [2.24, 2.45) is 11.8 Å². The van der Waals surface area contributed by atoms with Gasteiger partial charge in [0.1, 0.15) is 6.04 Å². The van der Waals surface area contributed by atoms with Crippen molar-refractivity contribution in [2.45, 2.75) is 26.3 Å². The Morgan fingerprint density at radius 1 is 1.30 bits per heavy atom. The Bertz CT molecular complexity index is 681. The molecule has 1 aromatic carbocycles. The minimum absolute atomic E-state index is 0.219. The normalized spacial score (nSPS) is 12.2. The molecule has 0 aliphatic carbocycles. The van der Waals surface area contributed by atoms with Crippen molar-refractivity contribution in [3.63, 3.8) is 0 Å². The maximum atomic E-state index is 11.9. The van der Waals surface area contributed by atoms with Gasteiger partial charge in [0.25, 0.3) is 5.91 Å². The number of aromatic nitrogens is 1. The van der Waals surface area contributed by atoms with Gasteiger partial charge in [-0.15, -0.1) is 0 Å². The highest BCUT2D eigenvalue weighted by Crippen LogP contribution is 2.19. The maximum Gasteiger partial charge on any atom is 0.407 e. The monoisotopic (exact) mass is 318 g/mol. The quantitative estimate of drug-likeness (QED) is 0.367. The Balaban J connectivity index is 2.09. The number of amides is 2. The number of fused-ring (bicyclic) bond motifs is 1. The second kappa shape index (κ2) is 7.64. The molecule has 0 bridgehead atoms. The zero-order chi connectivity index (χ0) is 16.8. The Kier molecular flexibility index (Phi) is 5.59. The molecule has 7 nitrogen and oxygen atoms in total. The standard InChI is InChI=1S/C16H22N4O3/c1-10(2)9-23-16(22)19-14(15(21)20-17)7-11-8-18-13-6-4-3-5-12(11)13/h3-6,8,10,14,18H,7,9,17H2,1-2H3,(H,19,22)(H,20,21). The van der Waals surface area contributed by atoms with Crippen molar-refractivity contribution in [3.05, 3.63) is 36.0 Å². The zero-order valence-corrected chi connectivity index (χ0v) is 13.3. The van der Waals surface area contributed by atoms with Crippen LogP contribution in [0.3, 0.4) is 0 Å². The van der Waals surface area contributed by atoms with Crippen molar-refractivity contribution < 1.29 is 14.3 Å². The van der Waals surface area contributed by atoms with E-state index < -0.39 is 18.0 Å². The Hall–Kier alpha value is -2.54. The van der Waals surface area contributed by atoms with Crippen molar-refractivity contribution in [1.82, 2.24) is 15.7 Å². The summed E-state index contributed by atoms with van der Waals surface area (Å²) in [5, 5.41) is 3.56. The third-order valence-electron chi connectivity index (χ3n) is 3.40. The first-order chi connectivity index (χ1) is 11.0. The zero-order valence-electron chi connectivity index (χ0n) is 13.3. The van der Waals surface area contributed by atoms with Crippen LogP contribution in [0.2, 0.25) is 0 Å². The first kappa shape index (κ1) is 16.8. The predicted molar refractivity (Wildman–Crippen MR) is 87.4 cm³/mol. The van der Waals surface area contributed by atoms with Gasteiger partial charge in [0.05, 0.1) is 6.61 Å². The molecule has 1 unspecified atom stereocenters. The molecule has 0 fully saturated rings. The van der Waals surface area contributed by atoms with Crippen LogP contribution < -0.4 is 16.6 Å². The van der Waals surface area contributed by atoms with Crippen molar-refractivity contribution >= 4 is 22.9 Å². The fourth-order valence-electron chi connectivity index (χ4n) is 2.26. The molecule has 5 N–H and O–H groups in total. The minimum atomic E-state index is -0.807. The van der Waals surface area contributed by atoms with Gasteiger partial charge in [-0.3, -0.25) is 10.2 Å². The number of hydrazine groups is 1. The van der Waals surface area contributed by atoms with Gasteiger partial charge in [-0.05, 0) is 17.5 Å². The van der Waals surface area contributed by atoms with Crippen LogP contribution in [0.5, 0.6) is 0 Å². The van der Waals surface area contributed by atoms with Gasteiger partial charge >= 0.3 is 6.09 Å². The molecule has 0 spiro atoms. The van der Waals surface area contributed by atoms with E-state index >= 15 is 0 Å². The summed E-state index contributed by atoms with van der Waals surface area (Å²) in [6.45, 7) is 4.16. The van der Waals surface area contributed by atoms with E-state index in [1.807, 2.05) is 44.3 Å². The summed E-state index contributed by atoms with van der Waals surface area (Å²) < 4.78 is 5.06. The lowest BCUT2D eigenvalue weighted by Gasteiger charge is -2.17. The molecule has 1 aromatic heterocycles. The molecule has 1 atom stereocenters. The van der Waals surface area contributed by atoms with E-state index in [2.05, 4.69) is 15.7 Å². The van der Waals surface area contributed by atoms with Crippen LogP contribution in [0.4, 0.5) is 4.79 Å². The number of hydrogen-bond donors (Lipinski definition) is 4. The third-order valence-corrected chi connectivity index (χ3v) is 3.40. The van der Waals surface area contributed by atoms with E-state index in [-0.39, 0.29) is 12.5 Å². The summed E-state index contributed by atoms with van der Waals surface area (Å²) in [6, 6.07) is 6.94. The number of carbonyl (C=O) groups is 2. The number of aromatic amines is 1. The molecule has 124 valence electrons. The molecule has 0 aliphatic rings. The van der Waals surface area contributed by atoms with Crippen molar-refractivity contribution in [2.75, 3.05) is 6.61 Å². The summed E-state index contributed by atoms with van der Waals surface area (Å²) in [7, 11) is 0. The SMILES string of the molecule is CC(C)COC(=O)NC(Cc1c[nH]c2ccccc12)C(=O)NN. The van der Waals surface area contributed by atoms with Gasteiger partial charge < -0.3 is 15.0 Å². The molecule has 2 amide bonds. The van der Waals surface area contributed by atoms with Crippen LogP contribution in [0, 0.1) is 5.92 Å². The van der Waals surface area contributed by atoms with E-state index in [4.69, 9.17) is 10.6 Å². The highest BCUT2D eigenvalue weighted by Gasteiger charge is 2.22. The molecule has 0 saturated heterocycles. The van der Waals surface area contributed by atoms with Gasteiger partial charge in [0, 0.05) is 23.5 Å². The predicted octanol–water partition coefficient (Wildman–Crippen LogP) is 1.45. The van der Waals surface area contributed by atoms with Crippen LogP contribution in [0.25, 0.3) is 10.9 Å². The van der Waals surface area contributed by atoms with Gasteiger partial charge in [-0.2, -0.15) is 0 Å². The first-order valence-electron chi connectivity index (χ1n) is 7.50. The molecule has 0 saturated carbocycles. The number of nitrogens with one attached hydrogen (secondary N) is 3. The van der Waals surface area contributed by atoms with Gasteiger partial charge in [0.15, 0.2) is 0 Å². The van der Waals surface area contributed by atoms with E-state index in [9.17, 15) is 9.59 Å². The van der Waals surface area contributed by atoms with E-state index in [0.29, 0.717) is 6.42 Å². The van der Waals surface area contributed by atoms with Crippen LogP contribution in [-0.4, -0.2) is 29.6 Å². The van der Waals surface area contributed by atoms with E-state index in [1.54, 1.807) is 0 Å². The highest BCUT2D eigenvalue weighted by atomic mass is 16.5. The fourth-order valence-corrected chi connectivity index (χ4v) is 2.26. The van der Waals surface area contributed by atoms with Crippen LogP contribution in [-0.2, 0) is 16.0 Å². The van der Waals surface area contributed by atoms with Gasteiger partial charge in [-0.1, -0.05) is 32.0 Å². The average Bonchev–Trinajstić information content (AvgIpc) is 2.95. The lowest BCUT2D eigenvalue weighted by molar-refractivity contribution is -0.123. The number of ether oxygens (including phenoxy) is 1. The molecule has 2 aromatic rings. The van der Waals surface area contributed by atoms with Crippen LogP contribution in [0.1, 0.15) is 19.4 Å². The molecule has 0 radical (unpaired) electrons. The van der Waals surface area contributed by atoms with E-state index in [0.717, 1.165) is 16.5 Å². The van der Waals surface area contributed by atoms with Gasteiger partial charge in [-0.25, -0.2) is 10.6 Å². The number of nitrogens with two attached hydrogens (primary N) is 1. The Morgan fingerprint density at radius 3 is 2.74 bits per heavy atom. The number of hydrogen-bond acceptors (Lipinski definition) is 4. The van der Waals surface area contributed by atoms with Crippen molar-refractivity contribution in [3.8, 4) is 0 Å². The van der Waals surface area contributed by atoms with Crippen LogP contribution in [0.15, 0.2) is 30.5 Å². The van der Waals surface area contributed by atoms with Crippen LogP contribution >= 0.6 is 0 Å². The summed E-state index contributed by atoms with van der Waals surface area (Å²) in [6.07, 6.45) is 1.50. The van der Waals surface area contributed by atoms with Crippen molar-refractivity contribution in [1.29, 1.82) is 0 Å². The summed E-state index contributed by atoms with van der Waals surface area (Å²) in [5.74, 6) is 4.96. The molecule has 0 aliphatic heterocycles. The lowest BCUT2D eigenvalue weighted by Crippen LogP contribution is -2.50. The first-order valence-corrected chi connectivity index (χ1v) is 7.50. The minimum Gasteiger partial charge on any atom is -0.449 e. The smallest absolute Gasteiger partial charge is 0.407 e. The fraction of sp³-hybridized carbons (Fsp3) is 0.375. The summed E-state index contributed by atoms with van der Waals surface area (Å²) >= 11 is 0. The number of alkyl carbamates (subject to hydrolysis) is 1. The number of para-hydroxylation sites is 1. The second-order valence-electron chi connectivity index (χ2n) is 5.76. The number of H-pyrrole nitrogens is 1. The molecular weight excluding hydrogens is 296 g/mol. The molecular formula is C16H22N4O3. The molecule has 7 heteroatoms. The number of benzene rings is 1.